The van der Waals surface area contributed by atoms with Crippen LogP contribution in [0.4, 0.5) is 0 Å². The van der Waals surface area contributed by atoms with Gasteiger partial charge in [0.05, 0.1) is 18.8 Å². The van der Waals surface area contributed by atoms with Crippen molar-refractivity contribution in [3.63, 3.8) is 0 Å². The lowest BCUT2D eigenvalue weighted by Gasteiger charge is -2.31. The highest BCUT2D eigenvalue weighted by atomic mass is 16.6. The first-order valence-electron chi connectivity index (χ1n) is 6.46. The molecule has 1 aromatic rings. The normalized spacial score (nSPS) is 19.2. The van der Waals surface area contributed by atoms with Crippen molar-refractivity contribution in [2.24, 2.45) is 5.92 Å². The summed E-state index contributed by atoms with van der Waals surface area (Å²) in [7, 11) is 0. The molecule has 2 amide bonds. The Labute approximate surface area is 111 Å². The minimum absolute atomic E-state index is 0.168. The molecular formula is C13H18N2O4. The molecule has 1 atom stereocenters. The average molecular weight is 266 g/mol. The molecule has 0 unspecified atom stereocenters. The summed E-state index contributed by atoms with van der Waals surface area (Å²) in [5, 5.41) is 0. The maximum absolute atomic E-state index is 12.1. The van der Waals surface area contributed by atoms with Gasteiger partial charge in [0.15, 0.2) is 5.76 Å². The quantitative estimate of drug-likeness (QED) is 0.831. The summed E-state index contributed by atoms with van der Waals surface area (Å²) < 4.78 is 5.09. The summed E-state index contributed by atoms with van der Waals surface area (Å²) in [6, 6.07) is 3.31. The van der Waals surface area contributed by atoms with Gasteiger partial charge in [-0.3, -0.25) is 14.4 Å². The zero-order chi connectivity index (χ0) is 13.7. The largest absolute Gasteiger partial charge is 0.459 e. The van der Waals surface area contributed by atoms with Gasteiger partial charge < -0.3 is 9.32 Å². The van der Waals surface area contributed by atoms with Crippen LogP contribution in [0.25, 0.3) is 0 Å². The van der Waals surface area contributed by atoms with Crippen LogP contribution in [0.3, 0.4) is 0 Å². The fourth-order valence-electron chi connectivity index (χ4n) is 2.16. The second-order valence-electron chi connectivity index (χ2n) is 4.47. The van der Waals surface area contributed by atoms with E-state index in [4.69, 9.17) is 9.25 Å². The highest BCUT2D eigenvalue weighted by Crippen LogP contribution is 2.19. The number of hydrogen-bond donors (Lipinski definition) is 1. The van der Waals surface area contributed by atoms with Crippen LogP contribution in [-0.2, 0) is 9.63 Å². The zero-order valence-corrected chi connectivity index (χ0v) is 10.9. The fraction of sp³-hybridized carbons (Fsp3) is 0.538. The van der Waals surface area contributed by atoms with E-state index in [1.54, 1.807) is 24.0 Å². The Morgan fingerprint density at radius 3 is 3.11 bits per heavy atom. The Morgan fingerprint density at radius 1 is 1.58 bits per heavy atom. The molecule has 2 rings (SSSR count). The number of carbonyl (C=O) groups is 2. The predicted molar refractivity (Wildman–Crippen MR) is 67.1 cm³/mol. The first-order valence-corrected chi connectivity index (χ1v) is 6.46. The van der Waals surface area contributed by atoms with Gasteiger partial charge in [0.2, 0.25) is 5.91 Å². The van der Waals surface area contributed by atoms with Gasteiger partial charge in [0, 0.05) is 13.1 Å². The number of amides is 2. The second-order valence-corrected chi connectivity index (χ2v) is 4.47. The number of hydroxylamine groups is 1. The number of likely N-dealkylation sites (tertiary alicyclic amines) is 1. The first kappa shape index (κ1) is 13.6. The van der Waals surface area contributed by atoms with Crippen LogP contribution < -0.4 is 5.48 Å². The molecule has 0 radical (unpaired) electrons. The monoisotopic (exact) mass is 266 g/mol. The number of hydrogen-bond acceptors (Lipinski definition) is 4. The third-order valence-electron chi connectivity index (χ3n) is 3.13. The van der Waals surface area contributed by atoms with E-state index >= 15 is 0 Å². The molecule has 6 nitrogen and oxygen atoms in total. The zero-order valence-electron chi connectivity index (χ0n) is 10.9. The number of furan rings is 1. The Kier molecular flexibility index (Phi) is 4.57. The molecule has 19 heavy (non-hydrogen) atoms. The topological polar surface area (TPSA) is 71.8 Å². The van der Waals surface area contributed by atoms with Crippen LogP contribution in [0.15, 0.2) is 22.8 Å². The highest BCUT2D eigenvalue weighted by molar-refractivity contribution is 5.92. The van der Waals surface area contributed by atoms with Crippen LogP contribution in [0.2, 0.25) is 0 Å². The Hall–Kier alpha value is -1.82. The third-order valence-corrected chi connectivity index (χ3v) is 3.13. The lowest BCUT2D eigenvalue weighted by Crippen LogP contribution is -2.45. The Bertz CT molecular complexity index is 430. The van der Waals surface area contributed by atoms with Crippen molar-refractivity contribution < 1.29 is 18.8 Å². The van der Waals surface area contributed by atoms with Gasteiger partial charge in [-0.2, -0.15) is 0 Å². The molecular weight excluding hydrogens is 248 g/mol. The summed E-state index contributed by atoms with van der Waals surface area (Å²) >= 11 is 0. The van der Waals surface area contributed by atoms with E-state index in [1.165, 1.54) is 6.26 Å². The number of piperidine rings is 1. The van der Waals surface area contributed by atoms with Gasteiger partial charge in [0.25, 0.3) is 5.91 Å². The summed E-state index contributed by atoms with van der Waals surface area (Å²) in [5.74, 6) is -0.247. The van der Waals surface area contributed by atoms with Crippen LogP contribution in [-0.4, -0.2) is 36.4 Å². The molecule has 2 heterocycles. The Morgan fingerprint density at radius 2 is 2.42 bits per heavy atom. The predicted octanol–water partition coefficient (Wildman–Crippen LogP) is 1.20. The molecule has 0 spiro atoms. The maximum atomic E-state index is 12.1. The summed E-state index contributed by atoms with van der Waals surface area (Å²) in [6.45, 7) is 3.28. The Balaban J connectivity index is 1.93. The van der Waals surface area contributed by atoms with E-state index in [0.29, 0.717) is 25.5 Å². The molecule has 6 heteroatoms. The molecule has 1 aromatic heterocycles. The first-order chi connectivity index (χ1) is 9.22. The average Bonchev–Trinajstić information content (AvgIpc) is 2.98. The molecule has 1 N–H and O–H groups in total. The van der Waals surface area contributed by atoms with E-state index in [9.17, 15) is 9.59 Å². The van der Waals surface area contributed by atoms with E-state index in [-0.39, 0.29) is 17.7 Å². The minimum atomic E-state index is -0.223. The molecule has 0 aromatic carbocycles. The van der Waals surface area contributed by atoms with Crippen molar-refractivity contribution in [1.29, 1.82) is 0 Å². The number of nitrogens with zero attached hydrogens (tertiary/aromatic N) is 1. The molecule has 1 aliphatic rings. The van der Waals surface area contributed by atoms with Crippen molar-refractivity contribution in [1.82, 2.24) is 10.4 Å². The number of rotatable bonds is 4. The van der Waals surface area contributed by atoms with Crippen molar-refractivity contribution in [2.75, 3.05) is 19.7 Å². The van der Waals surface area contributed by atoms with Crippen molar-refractivity contribution in [3.05, 3.63) is 24.2 Å². The molecule has 1 saturated heterocycles. The van der Waals surface area contributed by atoms with E-state index < -0.39 is 0 Å². The van der Waals surface area contributed by atoms with Gasteiger partial charge in [-0.05, 0) is 31.9 Å². The third kappa shape index (κ3) is 3.35. The second kappa shape index (κ2) is 6.38. The lowest BCUT2D eigenvalue weighted by molar-refractivity contribution is -0.138. The van der Waals surface area contributed by atoms with Crippen molar-refractivity contribution >= 4 is 11.8 Å². The van der Waals surface area contributed by atoms with Gasteiger partial charge >= 0.3 is 0 Å². The van der Waals surface area contributed by atoms with Crippen LogP contribution in [0.5, 0.6) is 0 Å². The van der Waals surface area contributed by atoms with Crippen molar-refractivity contribution in [3.8, 4) is 0 Å². The number of nitrogens with one attached hydrogen (secondary N) is 1. The van der Waals surface area contributed by atoms with E-state index in [2.05, 4.69) is 5.48 Å². The van der Waals surface area contributed by atoms with Gasteiger partial charge in [-0.1, -0.05) is 0 Å². The maximum Gasteiger partial charge on any atom is 0.289 e. The van der Waals surface area contributed by atoms with E-state index in [0.717, 1.165) is 12.8 Å². The van der Waals surface area contributed by atoms with Crippen LogP contribution in [0, 0.1) is 5.92 Å². The molecule has 0 aliphatic carbocycles. The number of carbonyl (C=O) groups excluding carboxylic acids is 2. The molecule has 0 saturated carbocycles. The van der Waals surface area contributed by atoms with Crippen LogP contribution in [0.1, 0.15) is 30.3 Å². The smallest absolute Gasteiger partial charge is 0.289 e. The van der Waals surface area contributed by atoms with E-state index in [1.807, 2.05) is 0 Å². The minimum Gasteiger partial charge on any atom is -0.459 e. The summed E-state index contributed by atoms with van der Waals surface area (Å²) in [5.41, 5.74) is 2.40. The van der Waals surface area contributed by atoms with Gasteiger partial charge in [-0.15, -0.1) is 0 Å². The highest BCUT2D eigenvalue weighted by Gasteiger charge is 2.29. The van der Waals surface area contributed by atoms with Gasteiger partial charge in [0.1, 0.15) is 0 Å². The lowest BCUT2D eigenvalue weighted by atomic mass is 9.97. The standard InChI is InChI=1S/C13H18N2O4/c1-2-19-14-12(16)10-5-3-7-15(9-10)13(17)11-6-4-8-18-11/h4,6,8,10H,2-3,5,7,9H2,1H3,(H,14,16)/t10-/m1/s1. The SMILES string of the molecule is CCONC(=O)[C@@H]1CCCN(C(=O)c2ccco2)C1. The van der Waals surface area contributed by atoms with Crippen molar-refractivity contribution in [2.45, 2.75) is 19.8 Å². The molecule has 0 bridgehead atoms. The molecule has 1 fully saturated rings. The molecule has 104 valence electrons. The van der Waals surface area contributed by atoms with Gasteiger partial charge in [-0.25, -0.2) is 5.48 Å². The molecule has 1 aliphatic heterocycles. The van der Waals surface area contributed by atoms with Crippen LogP contribution >= 0.6 is 0 Å². The fourth-order valence-corrected chi connectivity index (χ4v) is 2.16. The summed E-state index contributed by atoms with van der Waals surface area (Å²) in [6.07, 6.45) is 3.04. The summed E-state index contributed by atoms with van der Waals surface area (Å²) in [4.78, 5) is 30.5.